The first-order valence-corrected chi connectivity index (χ1v) is 11.2. The van der Waals surface area contributed by atoms with Crippen LogP contribution in [0.1, 0.15) is 36.8 Å². The molecule has 1 heterocycles. The van der Waals surface area contributed by atoms with Crippen molar-refractivity contribution in [2.45, 2.75) is 32.3 Å². The number of carbonyl (C=O) groups excluding carboxylic acids is 2. The maximum Gasteiger partial charge on any atom is 0.336 e. The summed E-state index contributed by atoms with van der Waals surface area (Å²) >= 11 is 6.24. The number of methoxy groups -OCH3 is 2. The summed E-state index contributed by atoms with van der Waals surface area (Å²) in [5.41, 5.74) is 3.60. The molecule has 6 nitrogen and oxygen atoms in total. The third-order valence-corrected chi connectivity index (χ3v) is 6.48. The summed E-state index contributed by atoms with van der Waals surface area (Å²) < 4.78 is 16.6. The van der Waals surface area contributed by atoms with Gasteiger partial charge in [0.25, 0.3) is 0 Å². The number of esters is 1. The first-order chi connectivity index (χ1) is 15.9. The van der Waals surface area contributed by atoms with Crippen LogP contribution < -0.4 is 14.8 Å². The minimum Gasteiger partial charge on any atom is -0.493 e. The molecule has 0 radical (unpaired) electrons. The highest BCUT2D eigenvalue weighted by atomic mass is 35.5. The standard InChI is InChI=1S/C26H26ClNO5/c1-15-23(26(30)32-3)24(25-19(28-15)9-6-10-20(25)29)16-11-12-21(22(13-16)31-2)33-14-17-7-4-5-8-18(17)27/h4-5,7-9,11-13,24-25,28H,6,10,14H2,1-3H3. The predicted octanol–water partition coefficient (Wildman–Crippen LogP) is 4.92. The van der Waals surface area contributed by atoms with Crippen molar-refractivity contribution in [2.75, 3.05) is 14.2 Å². The van der Waals surface area contributed by atoms with E-state index < -0.39 is 17.8 Å². The normalized spacial score (nSPS) is 19.9. The van der Waals surface area contributed by atoms with Gasteiger partial charge in [0.1, 0.15) is 12.4 Å². The molecule has 2 unspecified atom stereocenters. The molecule has 7 heteroatoms. The molecule has 0 amide bonds. The van der Waals surface area contributed by atoms with Gasteiger partial charge in [-0.2, -0.15) is 0 Å². The van der Waals surface area contributed by atoms with Crippen LogP contribution in [0.4, 0.5) is 0 Å². The summed E-state index contributed by atoms with van der Waals surface area (Å²) in [4.78, 5) is 25.7. The van der Waals surface area contributed by atoms with Gasteiger partial charge in [-0.25, -0.2) is 4.79 Å². The molecule has 2 aromatic carbocycles. The quantitative estimate of drug-likeness (QED) is 0.607. The SMILES string of the molecule is COC(=O)C1=C(C)NC2=CCCC(=O)C2C1c1ccc(OCc2ccccc2Cl)c(OC)c1. The molecule has 33 heavy (non-hydrogen) atoms. The second kappa shape index (κ2) is 9.71. The zero-order chi connectivity index (χ0) is 23.5. The lowest BCUT2D eigenvalue weighted by molar-refractivity contribution is -0.136. The van der Waals surface area contributed by atoms with Crippen LogP contribution >= 0.6 is 11.6 Å². The minimum absolute atomic E-state index is 0.0944. The number of benzene rings is 2. The highest BCUT2D eigenvalue weighted by Gasteiger charge is 2.43. The Hall–Kier alpha value is -3.25. The minimum atomic E-state index is -0.482. The van der Waals surface area contributed by atoms with E-state index in [-0.39, 0.29) is 12.4 Å². The van der Waals surface area contributed by atoms with Crippen molar-refractivity contribution in [3.63, 3.8) is 0 Å². The lowest BCUT2D eigenvalue weighted by Gasteiger charge is -2.38. The largest absolute Gasteiger partial charge is 0.493 e. The number of ketones is 1. The number of hydrogen-bond donors (Lipinski definition) is 1. The molecule has 0 fully saturated rings. The van der Waals surface area contributed by atoms with E-state index >= 15 is 0 Å². The van der Waals surface area contributed by atoms with Gasteiger partial charge in [-0.1, -0.05) is 41.9 Å². The molecule has 0 saturated carbocycles. The Morgan fingerprint density at radius 1 is 1.12 bits per heavy atom. The van der Waals surface area contributed by atoms with Gasteiger partial charge in [-0.15, -0.1) is 0 Å². The van der Waals surface area contributed by atoms with Crippen molar-refractivity contribution in [3.8, 4) is 11.5 Å². The number of allylic oxidation sites excluding steroid dienone is 3. The number of carbonyl (C=O) groups is 2. The second-order valence-corrected chi connectivity index (χ2v) is 8.47. The fourth-order valence-corrected chi connectivity index (χ4v) is 4.71. The molecular formula is C26H26ClNO5. The van der Waals surface area contributed by atoms with Gasteiger partial charge >= 0.3 is 5.97 Å². The molecule has 172 valence electrons. The van der Waals surface area contributed by atoms with Crippen LogP contribution in [0.25, 0.3) is 0 Å². The average molecular weight is 468 g/mol. The maximum absolute atomic E-state index is 13.0. The number of fused-ring (bicyclic) bond motifs is 1. The van der Waals surface area contributed by atoms with Gasteiger partial charge in [0.15, 0.2) is 11.5 Å². The number of nitrogens with one attached hydrogen (secondary N) is 1. The van der Waals surface area contributed by atoms with Crippen LogP contribution in [0.3, 0.4) is 0 Å². The summed E-state index contributed by atoms with van der Waals surface area (Å²) in [6, 6.07) is 13.0. The van der Waals surface area contributed by atoms with E-state index in [0.717, 1.165) is 16.8 Å². The zero-order valence-electron chi connectivity index (χ0n) is 18.8. The van der Waals surface area contributed by atoms with Gasteiger partial charge in [0.05, 0.1) is 25.7 Å². The van der Waals surface area contributed by atoms with Crippen LogP contribution in [0.5, 0.6) is 11.5 Å². The number of Topliss-reactive ketones (excluding diaryl/α,β-unsaturated/α-hetero) is 1. The van der Waals surface area contributed by atoms with Crippen molar-refractivity contribution in [1.29, 1.82) is 0 Å². The summed E-state index contributed by atoms with van der Waals surface area (Å²) in [5.74, 6) is -0.271. The number of rotatable bonds is 6. The number of ether oxygens (including phenoxy) is 3. The molecule has 2 aromatic rings. The second-order valence-electron chi connectivity index (χ2n) is 8.07. The first-order valence-electron chi connectivity index (χ1n) is 10.8. The Morgan fingerprint density at radius 3 is 2.64 bits per heavy atom. The van der Waals surface area contributed by atoms with Gasteiger partial charge in [0, 0.05) is 34.3 Å². The highest BCUT2D eigenvalue weighted by molar-refractivity contribution is 6.31. The van der Waals surface area contributed by atoms with Crippen molar-refractivity contribution in [2.24, 2.45) is 5.92 Å². The molecule has 1 N–H and O–H groups in total. The number of halogens is 1. The Balaban J connectivity index is 1.72. The van der Waals surface area contributed by atoms with Crippen molar-refractivity contribution in [3.05, 3.63) is 81.7 Å². The lowest BCUT2D eigenvalue weighted by atomic mass is 9.71. The molecule has 1 aliphatic carbocycles. The van der Waals surface area contributed by atoms with E-state index in [4.69, 9.17) is 25.8 Å². The molecule has 4 rings (SSSR count). The predicted molar refractivity (Wildman–Crippen MR) is 125 cm³/mol. The summed E-state index contributed by atoms with van der Waals surface area (Å²) in [6.07, 6.45) is 3.16. The molecule has 0 saturated heterocycles. The van der Waals surface area contributed by atoms with E-state index in [1.54, 1.807) is 13.2 Å². The van der Waals surface area contributed by atoms with Crippen molar-refractivity contribution in [1.82, 2.24) is 5.32 Å². The molecule has 2 atom stereocenters. The van der Waals surface area contributed by atoms with E-state index in [2.05, 4.69) is 5.32 Å². The van der Waals surface area contributed by atoms with E-state index in [1.807, 2.05) is 49.4 Å². The first kappa shape index (κ1) is 22.9. The molecular weight excluding hydrogens is 442 g/mol. The summed E-state index contributed by atoms with van der Waals surface area (Å²) in [6.45, 7) is 2.11. The van der Waals surface area contributed by atoms with Crippen LogP contribution in [0, 0.1) is 5.92 Å². The smallest absolute Gasteiger partial charge is 0.336 e. The zero-order valence-corrected chi connectivity index (χ0v) is 19.6. The Morgan fingerprint density at radius 2 is 1.91 bits per heavy atom. The fourth-order valence-electron chi connectivity index (χ4n) is 4.52. The van der Waals surface area contributed by atoms with Crippen LogP contribution in [-0.2, 0) is 20.9 Å². The van der Waals surface area contributed by atoms with Gasteiger partial charge in [-0.05, 0) is 37.1 Å². The third-order valence-electron chi connectivity index (χ3n) is 6.11. The molecule has 0 aromatic heterocycles. The van der Waals surface area contributed by atoms with E-state index in [1.165, 1.54) is 7.11 Å². The highest BCUT2D eigenvalue weighted by Crippen LogP contribution is 2.45. The van der Waals surface area contributed by atoms with Gasteiger partial charge < -0.3 is 19.5 Å². The molecule has 1 aliphatic heterocycles. The van der Waals surface area contributed by atoms with Crippen molar-refractivity contribution >= 4 is 23.4 Å². The van der Waals surface area contributed by atoms with E-state index in [0.29, 0.717) is 40.6 Å². The summed E-state index contributed by atoms with van der Waals surface area (Å²) in [5, 5.41) is 3.87. The topological polar surface area (TPSA) is 73.9 Å². The van der Waals surface area contributed by atoms with Crippen LogP contribution in [0.2, 0.25) is 5.02 Å². The Kier molecular flexibility index (Phi) is 6.75. The third kappa shape index (κ3) is 4.48. The van der Waals surface area contributed by atoms with E-state index in [9.17, 15) is 9.59 Å². The molecule has 2 aliphatic rings. The van der Waals surface area contributed by atoms with Crippen LogP contribution in [-0.4, -0.2) is 26.0 Å². The fraction of sp³-hybridized carbons (Fsp3) is 0.308. The summed E-state index contributed by atoms with van der Waals surface area (Å²) in [7, 11) is 2.91. The maximum atomic E-state index is 13.0. The Bertz CT molecular complexity index is 1150. The van der Waals surface area contributed by atoms with Crippen molar-refractivity contribution < 1.29 is 23.8 Å². The van der Waals surface area contributed by atoms with Gasteiger partial charge in [-0.3, -0.25) is 4.79 Å². The van der Waals surface area contributed by atoms with Crippen LogP contribution in [0.15, 0.2) is 65.5 Å². The lowest BCUT2D eigenvalue weighted by Crippen LogP contribution is -2.40. The number of hydrogen-bond acceptors (Lipinski definition) is 6. The monoisotopic (exact) mass is 467 g/mol. The molecule has 0 bridgehead atoms. The Labute approximate surface area is 198 Å². The average Bonchev–Trinajstić information content (AvgIpc) is 2.82. The molecule has 0 spiro atoms. The van der Waals surface area contributed by atoms with Gasteiger partial charge in [0.2, 0.25) is 0 Å².